The first kappa shape index (κ1) is 20.9. The maximum absolute atomic E-state index is 13.3. The molecule has 30 heavy (non-hydrogen) atoms. The zero-order valence-electron chi connectivity index (χ0n) is 15.8. The first-order chi connectivity index (χ1) is 14.3. The van der Waals surface area contributed by atoms with E-state index in [0.717, 1.165) is 4.47 Å². The fourth-order valence-electron chi connectivity index (χ4n) is 3.24. The summed E-state index contributed by atoms with van der Waals surface area (Å²) in [5.74, 6) is -1.08. The van der Waals surface area contributed by atoms with Crippen molar-refractivity contribution >= 4 is 33.2 Å². The molecule has 0 atom stereocenters. The van der Waals surface area contributed by atoms with Crippen LogP contribution in [0.2, 0.25) is 5.02 Å². The van der Waals surface area contributed by atoms with Gasteiger partial charge in [-0.2, -0.15) is 9.78 Å². The topological polar surface area (TPSA) is 87.8 Å². The first-order valence-corrected chi connectivity index (χ1v) is 10.5. The number of rotatable bonds is 4. The van der Waals surface area contributed by atoms with Crippen molar-refractivity contribution in [3.8, 4) is 17.2 Å². The molecular weight excluding hydrogens is 474 g/mol. The molecular formula is C21H19BrClN3O4. The van der Waals surface area contributed by atoms with Gasteiger partial charge in [0.2, 0.25) is 5.75 Å². The molecule has 1 aromatic heterocycles. The van der Waals surface area contributed by atoms with Crippen molar-refractivity contribution < 1.29 is 14.9 Å². The van der Waals surface area contributed by atoms with Gasteiger partial charge in [-0.05, 0) is 48.5 Å². The second-order valence-corrected chi connectivity index (χ2v) is 8.43. The van der Waals surface area contributed by atoms with Crippen LogP contribution >= 0.6 is 27.5 Å². The van der Waals surface area contributed by atoms with Crippen LogP contribution in [0.4, 0.5) is 5.69 Å². The van der Waals surface area contributed by atoms with Gasteiger partial charge in [0.15, 0.2) is 5.79 Å². The summed E-state index contributed by atoms with van der Waals surface area (Å²) < 4.78 is 8.14. The minimum Gasteiger partial charge on any atom is -0.449 e. The second kappa shape index (κ2) is 8.39. The molecule has 0 saturated carbocycles. The zero-order chi connectivity index (χ0) is 21.3. The van der Waals surface area contributed by atoms with Crippen molar-refractivity contribution in [1.29, 1.82) is 0 Å². The maximum Gasteiger partial charge on any atom is 0.316 e. The van der Waals surface area contributed by atoms with E-state index in [2.05, 4.69) is 21.0 Å². The SMILES string of the molecule is O=c1c(Oc2ccc(Br)cc2)c(N2CCC(O)(O)CC2)cnn1-c1ccc(Cl)cc1. The highest BCUT2D eigenvalue weighted by Gasteiger charge is 2.31. The number of hydrogen-bond acceptors (Lipinski definition) is 6. The average Bonchev–Trinajstić information content (AvgIpc) is 2.72. The fraction of sp³-hybridized carbons (Fsp3) is 0.238. The Balaban J connectivity index is 1.77. The summed E-state index contributed by atoms with van der Waals surface area (Å²) in [5.41, 5.74) is 0.631. The van der Waals surface area contributed by atoms with Crippen molar-refractivity contribution in [3.63, 3.8) is 0 Å². The highest BCUT2D eigenvalue weighted by molar-refractivity contribution is 9.10. The third-order valence-electron chi connectivity index (χ3n) is 4.92. The van der Waals surface area contributed by atoms with Crippen molar-refractivity contribution in [3.05, 3.63) is 74.6 Å². The number of aliphatic hydroxyl groups is 2. The van der Waals surface area contributed by atoms with Gasteiger partial charge in [0.05, 0.1) is 11.9 Å². The number of piperidine rings is 1. The quantitative estimate of drug-likeness (QED) is 0.540. The molecule has 0 unspecified atom stereocenters. The van der Waals surface area contributed by atoms with Crippen LogP contribution in [0.1, 0.15) is 12.8 Å². The Morgan fingerprint density at radius 2 is 1.67 bits per heavy atom. The molecule has 7 nitrogen and oxygen atoms in total. The van der Waals surface area contributed by atoms with E-state index in [1.54, 1.807) is 42.6 Å². The van der Waals surface area contributed by atoms with Gasteiger partial charge >= 0.3 is 5.56 Å². The number of halogens is 2. The van der Waals surface area contributed by atoms with E-state index < -0.39 is 11.3 Å². The minimum absolute atomic E-state index is 0.116. The van der Waals surface area contributed by atoms with E-state index in [9.17, 15) is 15.0 Å². The molecule has 156 valence electrons. The average molecular weight is 493 g/mol. The van der Waals surface area contributed by atoms with Gasteiger partial charge in [-0.1, -0.05) is 27.5 Å². The normalized spacial score (nSPS) is 15.8. The van der Waals surface area contributed by atoms with Crippen molar-refractivity contribution in [2.45, 2.75) is 18.6 Å². The molecule has 1 fully saturated rings. The van der Waals surface area contributed by atoms with Crippen LogP contribution < -0.4 is 15.2 Å². The molecule has 1 saturated heterocycles. The smallest absolute Gasteiger partial charge is 0.316 e. The lowest BCUT2D eigenvalue weighted by atomic mass is 10.0. The number of anilines is 1. The Kier molecular flexibility index (Phi) is 5.84. The van der Waals surface area contributed by atoms with Gasteiger partial charge in [0.1, 0.15) is 11.4 Å². The number of hydrogen-bond donors (Lipinski definition) is 2. The van der Waals surface area contributed by atoms with Gasteiger partial charge in [-0.15, -0.1) is 0 Å². The second-order valence-electron chi connectivity index (χ2n) is 7.08. The number of nitrogens with zero attached hydrogens (tertiary/aromatic N) is 3. The van der Waals surface area contributed by atoms with Crippen LogP contribution in [-0.2, 0) is 0 Å². The van der Waals surface area contributed by atoms with Gasteiger partial charge in [-0.25, -0.2) is 0 Å². The van der Waals surface area contributed by atoms with E-state index in [4.69, 9.17) is 16.3 Å². The summed E-state index contributed by atoms with van der Waals surface area (Å²) in [5, 5.41) is 24.5. The Morgan fingerprint density at radius 3 is 2.30 bits per heavy atom. The molecule has 0 amide bonds. The highest BCUT2D eigenvalue weighted by atomic mass is 79.9. The molecule has 0 radical (unpaired) electrons. The molecule has 4 rings (SSSR count). The van der Waals surface area contributed by atoms with Crippen LogP contribution in [0.25, 0.3) is 5.69 Å². The summed E-state index contributed by atoms with van der Waals surface area (Å²) >= 11 is 9.34. The van der Waals surface area contributed by atoms with E-state index >= 15 is 0 Å². The Hall–Kier alpha value is -2.39. The summed E-state index contributed by atoms with van der Waals surface area (Å²) in [6, 6.07) is 13.9. The molecule has 2 heterocycles. The lowest BCUT2D eigenvalue weighted by Crippen LogP contribution is -2.44. The van der Waals surface area contributed by atoms with Crippen molar-refractivity contribution in [2.24, 2.45) is 0 Å². The van der Waals surface area contributed by atoms with Gasteiger partial charge < -0.3 is 19.8 Å². The van der Waals surface area contributed by atoms with Crippen molar-refractivity contribution in [2.75, 3.05) is 18.0 Å². The molecule has 9 heteroatoms. The van der Waals surface area contributed by atoms with Gasteiger partial charge in [0, 0.05) is 35.4 Å². The number of benzene rings is 2. The third kappa shape index (κ3) is 4.52. The molecule has 0 bridgehead atoms. The minimum atomic E-state index is -1.70. The summed E-state index contributed by atoms with van der Waals surface area (Å²) in [7, 11) is 0. The van der Waals surface area contributed by atoms with E-state index in [1.165, 1.54) is 4.68 Å². The molecule has 0 spiro atoms. The lowest BCUT2D eigenvalue weighted by Gasteiger charge is -2.36. The highest BCUT2D eigenvalue weighted by Crippen LogP contribution is 2.32. The zero-order valence-corrected chi connectivity index (χ0v) is 18.2. The third-order valence-corrected chi connectivity index (χ3v) is 5.71. The van der Waals surface area contributed by atoms with Gasteiger partial charge in [0.25, 0.3) is 0 Å². The molecule has 2 N–H and O–H groups in total. The molecule has 3 aromatic rings. The van der Waals surface area contributed by atoms with Crippen LogP contribution in [-0.4, -0.2) is 38.9 Å². The lowest BCUT2D eigenvalue weighted by molar-refractivity contribution is -0.172. The van der Waals surface area contributed by atoms with Crippen molar-refractivity contribution in [1.82, 2.24) is 9.78 Å². The Morgan fingerprint density at radius 1 is 1.03 bits per heavy atom. The monoisotopic (exact) mass is 491 g/mol. The summed E-state index contributed by atoms with van der Waals surface area (Å²) in [6.45, 7) is 0.714. The largest absolute Gasteiger partial charge is 0.449 e. The Labute approximate surface area is 186 Å². The molecule has 1 aliphatic rings. The standard InChI is InChI=1S/C21H19BrClN3O4/c22-14-1-7-17(8-2-14)30-19-18(25-11-9-21(28,29)10-12-25)13-24-26(20(19)27)16-5-3-15(23)4-6-16/h1-8,13,28-29H,9-12H2. The fourth-order valence-corrected chi connectivity index (χ4v) is 3.63. The molecule has 2 aromatic carbocycles. The van der Waals surface area contributed by atoms with E-state index in [-0.39, 0.29) is 18.6 Å². The summed E-state index contributed by atoms with van der Waals surface area (Å²) in [4.78, 5) is 15.2. The van der Waals surface area contributed by atoms with Crippen LogP contribution in [0, 0.1) is 0 Å². The first-order valence-electron chi connectivity index (χ1n) is 9.34. The predicted molar refractivity (Wildman–Crippen MR) is 118 cm³/mol. The van der Waals surface area contributed by atoms with E-state index in [0.29, 0.717) is 35.2 Å². The number of aromatic nitrogens is 2. The van der Waals surface area contributed by atoms with Crippen LogP contribution in [0.5, 0.6) is 11.5 Å². The number of ether oxygens (including phenoxy) is 1. The molecule has 1 aliphatic heterocycles. The van der Waals surface area contributed by atoms with Gasteiger partial charge in [-0.3, -0.25) is 4.79 Å². The maximum atomic E-state index is 13.3. The Bertz CT molecular complexity index is 1090. The van der Waals surface area contributed by atoms with E-state index in [1.807, 2.05) is 17.0 Å². The summed E-state index contributed by atoms with van der Waals surface area (Å²) in [6.07, 6.45) is 1.88. The predicted octanol–water partition coefficient (Wildman–Crippen LogP) is 3.72. The molecule has 0 aliphatic carbocycles. The van der Waals surface area contributed by atoms with Crippen LogP contribution in [0.3, 0.4) is 0 Å². The van der Waals surface area contributed by atoms with Crippen LogP contribution in [0.15, 0.2) is 64.0 Å².